The number of carbonyl (C=O) groups is 1. The number of rotatable bonds is 3. The van der Waals surface area contributed by atoms with Crippen molar-refractivity contribution in [3.63, 3.8) is 0 Å². The van der Waals surface area contributed by atoms with Crippen molar-refractivity contribution in [1.29, 1.82) is 0 Å². The summed E-state index contributed by atoms with van der Waals surface area (Å²) in [7, 11) is 0. The fraction of sp³-hybridized carbons (Fsp3) is 0.167. The first-order chi connectivity index (χ1) is 4.22. The maximum Gasteiger partial charge on any atom is 0.260 e. The average Bonchev–Trinajstić information content (AvgIpc) is 1.87. The third kappa shape index (κ3) is 2.66. The molecule has 9 heavy (non-hydrogen) atoms. The molecule has 3 N–H and O–H groups in total. The number of nitrogens with two attached hydrogens (primary N) is 1. The minimum atomic E-state index is -0.338. The molecule has 0 heterocycles. The van der Waals surface area contributed by atoms with Crippen LogP contribution in [0.3, 0.4) is 0 Å². The Bertz CT molecular complexity index is 140. The van der Waals surface area contributed by atoms with Gasteiger partial charge < -0.3 is 0 Å². The number of nitrogens with one attached hydrogen (secondary N) is 1. The first-order valence-electron chi connectivity index (χ1n) is 2.52. The van der Waals surface area contributed by atoms with Crippen LogP contribution in [-0.2, 0) is 4.79 Å². The molecule has 0 aliphatic heterocycles. The normalized spacial score (nSPS) is 8.11. The van der Waals surface area contributed by atoms with Crippen LogP contribution in [-0.4, -0.2) is 5.91 Å². The molecule has 0 rings (SSSR count). The number of hydrogen-bond acceptors (Lipinski definition) is 2. The van der Waals surface area contributed by atoms with Crippen LogP contribution in [0, 0.1) is 0 Å². The lowest BCUT2D eigenvalue weighted by Crippen LogP contribution is -2.30. The molecule has 0 bridgehead atoms. The van der Waals surface area contributed by atoms with Gasteiger partial charge >= 0.3 is 0 Å². The lowest BCUT2D eigenvalue weighted by Gasteiger charge is -1.97. The second-order valence-corrected chi connectivity index (χ2v) is 1.57. The van der Waals surface area contributed by atoms with E-state index in [4.69, 9.17) is 5.84 Å². The fourth-order valence-corrected chi connectivity index (χ4v) is 0.369. The minimum Gasteiger partial charge on any atom is -0.290 e. The van der Waals surface area contributed by atoms with Gasteiger partial charge in [-0.15, -0.1) is 6.58 Å². The summed E-state index contributed by atoms with van der Waals surface area (Å²) in [5.74, 6) is 4.47. The predicted molar refractivity (Wildman–Crippen MR) is 36.3 cm³/mol. The molecule has 0 atom stereocenters. The van der Waals surface area contributed by atoms with Crippen LogP contribution in [0.2, 0.25) is 0 Å². The molecule has 0 aliphatic rings. The molecule has 0 unspecified atom stereocenters. The third-order valence-electron chi connectivity index (χ3n) is 0.843. The molecule has 0 aromatic carbocycles. The second kappa shape index (κ2) is 3.86. The van der Waals surface area contributed by atoms with Gasteiger partial charge in [-0.3, -0.25) is 10.2 Å². The highest BCUT2D eigenvalue weighted by molar-refractivity contribution is 5.92. The van der Waals surface area contributed by atoms with E-state index in [1.54, 1.807) is 6.08 Å². The minimum absolute atomic E-state index is 0.338. The summed E-state index contributed by atoms with van der Waals surface area (Å²) in [6, 6.07) is 0. The maximum absolute atomic E-state index is 10.5. The van der Waals surface area contributed by atoms with Gasteiger partial charge in [-0.1, -0.05) is 12.7 Å². The zero-order valence-electron chi connectivity index (χ0n) is 5.18. The van der Waals surface area contributed by atoms with Crippen molar-refractivity contribution in [3.8, 4) is 0 Å². The molecule has 0 fully saturated rings. The first kappa shape index (κ1) is 7.91. The molecule has 0 aromatic rings. The number of amides is 1. The highest BCUT2D eigenvalue weighted by Crippen LogP contribution is 1.95. The molecule has 0 aliphatic carbocycles. The molecule has 3 heteroatoms. The third-order valence-corrected chi connectivity index (χ3v) is 0.843. The van der Waals surface area contributed by atoms with Crippen molar-refractivity contribution >= 4 is 5.91 Å². The van der Waals surface area contributed by atoms with E-state index in [0.717, 1.165) is 0 Å². The molecule has 0 saturated heterocycles. The molecule has 0 aromatic heterocycles. The number of carbonyl (C=O) groups excluding carboxylic acids is 1. The van der Waals surface area contributed by atoms with E-state index in [9.17, 15) is 4.79 Å². The second-order valence-electron chi connectivity index (χ2n) is 1.57. The monoisotopic (exact) mass is 126 g/mol. The molecule has 0 radical (unpaired) electrons. The molecule has 0 saturated carbocycles. The number of hydrogen-bond donors (Lipinski definition) is 2. The van der Waals surface area contributed by atoms with Gasteiger partial charge in [0.2, 0.25) is 0 Å². The topological polar surface area (TPSA) is 55.1 Å². The van der Waals surface area contributed by atoms with Crippen LogP contribution in [0.25, 0.3) is 0 Å². The van der Waals surface area contributed by atoms with Crippen LogP contribution in [0.5, 0.6) is 0 Å². The van der Waals surface area contributed by atoms with Crippen molar-refractivity contribution < 1.29 is 4.79 Å². The highest BCUT2D eigenvalue weighted by atomic mass is 16.2. The smallest absolute Gasteiger partial charge is 0.260 e. The van der Waals surface area contributed by atoms with Gasteiger partial charge in [0.25, 0.3) is 5.91 Å². The Morgan fingerprint density at radius 3 is 2.67 bits per heavy atom. The van der Waals surface area contributed by atoms with Gasteiger partial charge in [-0.05, 0) is 6.42 Å². The van der Waals surface area contributed by atoms with E-state index in [-0.39, 0.29) is 5.91 Å². The zero-order valence-corrected chi connectivity index (χ0v) is 5.18. The van der Waals surface area contributed by atoms with E-state index in [0.29, 0.717) is 12.0 Å². The Hall–Kier alpha value is -1.09. The van der Waals surface area contributed by atoms with Gasteiger partial charge in [-0.25, -0.2) is 5.84 Å². The largest absolute Gasteiger partial charge is 0.290 e. The Labute approximate surface area is 54.2 Å². The summed E-state index contributed by atoms with van der Waals surface area (Å²) in [5.41, 5.74) is 2.39. The predicted octanol–water partition coefficient (Wildman–Crippen LogP) is 0.109. The summed E-state index contributed by atoms with van der Waals surface area (Å²) in [5, 5.41) is 0. The summed E-state index contributed by atoms with van der Waals surface area (Å²) in [6.07, 6.45) is 2.07. The Morgan fingerprint density at radius 2 is 2.33 bits per heavy atom. The first-order valence-corrected chi connectivity index (χ1v) is 2.52. The maximum atomic E-state index is 10.5. The van der Waals surface area contributed by atoms with E-state index in [1.807, 2.05) is 5.43 Å². The Morgan fingerprint density at radius 1 is 1.78 bits per heavy atom. The van der Waals surface area contributed by atoms with Gasteiger partial charge in [0.05, 0.1) is 0 Å². The van der Waals surface area contributed by atoms with Crippen molar-refractivity contribution in [2.45, 2.75) is 6.42 Å². The zero-order chi connectivity index (χ0) is 7.28. The van der Waals surface area contributed by atoms with Gasteiger partial charge in [0.1, 0.15) is 0 Å². The summed E-state index contributed by atoms with van der Waals surface area (Å²) < 4.78 is 0. The standard InChI is InChI=1S/C6H10N2O/c1-3-4-5(2)6(9)8-7/h3H,1-2,4,7H2,(H,8,9). The quantitative estimate of drug-likeness (QED) is 0.185. The SMILES string of the molecule is C=CCC(=C)C(=O)NN. The number of hydrazine groups is 1. The summed E-state index contributed by atoms with van der Waals surface area (Å²) in [6.45, 7) is 6.89. The molecule has 1 amide bonds. The van der Waals surface area contributed by atoms with Crippen molar-refractivity contribution in [2.24, 2.45) is 5.84 Å². The highest BCUT2D eigenvalue weighted by Gasteiger charge is 1.99. The lowest BCUT2D eigenvalue weighted by atomic mass is 10.2. The fourth-order valence-electron chi connectivity index (χ4n) is 0.369. The van der Waals surface area contributed by atoms with Gasteiger partial charge in [-0.2, -0.15) is 0 Å². The van der Waals surface area contributed by atoms with E-state index in [1.165, 1.54) is 0 Å². The van der Waals surface area contributed by atoms with Crippen LogP contribution >= 0.6 is 0 Å². The van der Waals surface area contributed by atoms with Gasteiger partial charge in [0, 0.05) is 5.57 Å². The molecular formula is C6H10N2O. The van der Waals surface area contributed by atoms with Crippen LogP contribution < -0.4 is 11.3 Å². The molecule has 0 spiro atoms. The van der Waals surface area contributed by atoms with Gasteiger partial charge in [0.15, 0.2) is 0 Å². The molecular weight excluding hydrogens is 116 g/mol. The van der Waals surface area contributed by atoms with Crippen molar-refractivity contribution in [1.82, 2.24) is 5.43 Å². The molecule has 50 valence electrons. The van der Waals surface area contributed by atoms with Crippen molar-refractivity contribution in [3.05, 3.63) is 24.8 Å². The Kier molecular flexibility index (Phi) is 3.39. The van der Waals surface area contributed by atoms with Crippen LogP contribution in [0.1, 0.15) is 6.42 Å². The van der Waals surface area contributed by atoms with E-state index in [2.05, 4.69) is 13.2 Å². The lowest BCUT2D eigenvalue weighted by molar-refractivity contribution is -0.117. The van der Waals surface area contributed by atoms with Crippen molar-refractivity contribution in [2.75, 3.05) is 0 Å². The Balaban J connectivity index is 3.73. The summed E-state index contributed by atoms with van der Waals surface area (Å²) in [4.78, 5) is 10.5. The molecule has 3 nitrogen and oxygen atoms in total. The summed E-state index contributed by atoms with van der Waals surface area (Å²) >= 11 is 0. The van der Waals surface area contributed by atoms with E-state index < -0.39 is 0 Å². The van der Waals surface area contributed by atoms with Crippen LogP contribution in [0.15, 0.2) is 24.8 Å². The average molecular weight is 126 g/mol. The number of allylic oxidation sites excluding steroid dienone is 1. The van der Waals surface area contributed by atoms with E-state index >= 15 is 0 Å². The van der Waals surface area contributed by atoms with Crippen LogP contribution in [0.4, 0.5) is 0 Å².